The highest BCUT2D eigenvalue weighted by atomic mass is 16.3. The highest BCUT2D eigenvalue weighted by Crippen LogP contribution is 2.41. The monoisotopic (exact) mass is 762 g/mol. The summed E-state index contributed by atoms with van der Waals surface area (Å²) in [5.41, 5.74) is -0.860. The van der Waals surface area contributed by atoms with E-state index in [1.165, 1.54) is 0 Å². The molecule has 0 spiro atoms. The molecule has 0 saturated carbocycles. The van der Waals surface area contributed by atoms with E-state index < -0.39 is 188 Å². The summed E-state index contributed by atoms with van der Waals surface area (Å²) in [6.07, 6.45) is 0. The molecule has 0 radical (unpaired) electrons. The molecule has 0 N–H and O–H groups in total. The fourth-order valence-corrected chi connectivity index (χ4v) is 7.96. The van der Waals surface area contributed by atoms with E-state index in [2.05, 4.69) is 0 Å². The Bertz CT molecular complexity index is 4670. The Balaban J connectivity index is 1.26. The second-order valence-corrected chi connectivity index (χ2v) is 13.3. The number of furan rings is 1. The predicted octanol–water partition coefficient (Wildman–Crippen LogP) is 12.7. The summed E-state index contributed by atoms with van der Waals surface area (Å²) < 4.78 is 192. The third kappa shape index (κ3) is 4.30. The van der Waals surface area contributed by atoms with Crippen LogP contribution in [0.1, 0.15) is 27.4 Å². The molecule has 0 aliphatic rings. The zero-order chi connectivity index (χ0) is 55.3. The zero-order valence-electron chi connectivity index (χ0n) is 49.4. The number of para-hydroxylation sites is 6. The molecule has 13 aromatic rings. The molecule has 0 amide bonds. The van der Waals surface area contributed by atoms with Crippen molar-refractivity contribution in [3.63, 3.8) is 0 Å². The van der Waals surface area contributed by atoms with Gasteiger partial charge in [-0.15, -0.1) is 0 Å². The van der Waals surface area contributed by atoms with E-state index in [0.29, 0.717) is 43.7 Å². The van der Waals surface area contributed by atoms with Gasteiger partial charge in [0.15, 0.2) is 5.82 Å². The van der Waals surface area contributed by atoms with Gasteiger partial charge < -0.3 is 8.98 Å². The maximum Gasteiger partial charge on any atom is 0.240 e. The van der Waals surface area contributed by atoms with Gasteiger partial charge in [0.2, 0.25) is 11.9 Å². The molecule has 58 heavy (non-hydrogen) atoms. The number of rotatable bonds is 4. The lowest BCUT2D eigenvalue weighted by molar-refractivity contribution is 0.669. The Labute approximate surface area is 358 Å². The Morgan fingerprint density at radius 3 is 1.59 bits per heavy atom. The second kappa shape index (κ2) is 11.7. The fourth-order valence-electron chi connectivity index (χ4n) is 7.96. The van der Waals surface area contributed by atoms with Crippen LogP contribution in [0.25, 0.3) is 116 Å². The van der Waals surface area contributed by atoms with Crippen LogP contribution in [-0.2, 0) is 0 Å². The van der Waals surface area contributed by atoms with Crippen molar-refractivity contribution in [1.82, 2.24) is 28.7 Å². The quantitative estimate of drug-likeness (QED) is 0.179. The molecule has 0 aliphatic carbocycles. The maximum absolute atomic E-state index is 10.2. The third-order valence-corrected chi connectivity index (χ3v) is 10.3. The van der Waals surface area contributed by atoms with Gasteiger partial charge in [-0.25, -0.2) is 0 Å². The van der Waals surface area contributed by atoms with E-state index in [9.17, 15) is 11.0 Å². The van der Waals surface area contributed by atoms with Crippen molar-refractivity contribution >= 4 is 87.4 Å². The third-order valence-electron chi connectivity index (χ3n) is 10.3. The molecule has 5 heterocycles. The molecule has 8 aromatic carbocycles. The van der Waals surface area contributed by atoms with Crippen molar-refractivity contribution in [1.29, 1.82) is 0 Å². The number of hydrogen-bond donors (Lipinski definition) is 0. The number of benzene rings is 8. The van der Waals surface area contributed by atoms with Crippen LogP contribution in [0.15, 0.2) is 186 Å². The van der Waals surface area contributed by atoms with Crippen molar-refractivity contribution in [2.24, 2.45) is 0 Å². The average Bonchev–Trinajstić information content (AvgIpc) is 4.37. The fraction of sp³-hybridized carbons (Fsp3) is 0. The van der Waals surface area contributed by atoms with Gasteiger partial charge in [0, 0.05) is 49.0 Å². The number of hydrogen-bond acceptors (Lipinski definition) is 4. The van der Waals surface area contributed by atoms with Gasteiger partial charge >= 0.3 is 0 Å². The molecular weight excluding hydrogens is 713 g/mol. The molecule has 0 saturated heterocycles. The zero-order valence-corrected chi connectivity index (χ0v) is 29.4. The van der Waals surface area contributed by atoms with Crippen molar-refractivity contribution in [2.45, 2.75) is 0 Å². The normalized spacial score (nSPS) is 17.0. The van der Waals surface area contributed by atoms with E-state index in [1.807, 2.05) is 24.3 Å². The van der Waals surface area contributed by atoms with Crippen LogP contribution in [0, 0.1) is 0 Å². The highest BCUT2D eigenvalue weighted by Gasteiger charge is 2.22. The molecule has 270 valence electrons. The first-order valence-corrected chi connectivity index (χ1v) is 17.8. The van der Waals surface area contributed by atoms with Crippen LogP contribution in [0.4, 0.5) is 0 Å². The molecule has 0 atom stereocenters. The minimum atomic E-state index is -0.808. The first kappa shape index (κ1) is 17.8. The molecule has 7 nitrogen and oxygen atoms in total. The van der Waals surface area contributed by atoms with Gasteiger partial charge in [-0.05, 0) is 60.5 Å². The molecule has 5 aromatic heterocycles. The first-order chi connectivity index (χ1) is 37.1. The molecular formula is C51H30N6O. The van der Waals surface area contributed by atoms with Gasteiger partial charge in [-0.3, -0.25) is 9.13 Å². The minimum Gasteiger partial charge on any atom is -0.456 e. The van der Waals surface area contributed by atoms with Crippen LogP contribution in [-0.4, -0.2) is 28.7 Å². The van der Waals surface area contributed by atoms with E-state index in [-0.39, 0.29) is 5.69 Å². The lowest BCUT2D eigenvalue weighted by Gasteiger charge is -2.14. The topological polar surface area (TPSA) is 66.6 Å². The van der Waals surface area contributed by atoms with Crippen LogP contribution >= 0.6 is 0 Å². The SMILES string of the molecule is [2H]c1c([2H])c(-c2nc(-n3c4c([2H])c([2H])c([2H])c([2H])c4c4c([2H])c([2H])c([2H])c([2H])c43)nc(-n3c4c([2H])c([2H])c([2H])c([2H])c4c4c([2H])c([2H])c([2H])c([2H])c43)n2)c([2H])c(-n2c3ccccc3c3ccc4oc5ccccc5c4c32)c1[2H]. The molecule has 0 unspecified atom stereocenters. The molecule has 0 fully saturated rings. The van der Waals surface area contributed by atoms with Crippen LogP contribution in [0.2, 0.25) is 0 Å². The Morgan fingerprint density at radius 1 is 0.414 bits per heavy atom. The van der Waals surface area contributed by atoms with Crippen molar-refractivity contribution < 1.29 is 31.8 Å². The molecule has 13 rings (SSSR count). The van der Waals surface area contributed by atoms with Crippen LogP contribution in [0.3, 0.4) is 0 Å². The summed E-state index contributed by atoms with van der Waals surface area (Å²) >= 11 is 0. The second-order valence-electron chi connectivity index (χ2n) is 13.3. The summed E-state index contributed by atoms with van der Waals surface area (Å²) in [6, 6.07) is 3.00. The summed E-state index contributed by atoms with van der Waals surface area (Å²) in [4.78, 5) is 14.2. The maximum atomic E-state index is 10.2. The summed E-state index contributed by atoms with van der Waals surface area (Å²) in [5.74, 6) is -2.19. The molecule has 0 bridgehead atoms. The molecule has 0 aliphatic heterocycles. The van der Waals surface area contributed by atoms with Gasteiger partial charge in [-0.2, -0.15) is 15.0 Å². The smallest absolute Gasteiger partial charge is 0.240 e. The Morgan fingerprint density at radius 2 is 0.966 bits per heavy atom. The van der Waals surface area contributed by atoms with E-state index >= 15 is 0 Å². The summed E-state index contributed by atoms with van der Waals surface area (Å²) in [5, 5.41) is 1.02. The van der Waals surface area contributed by atoms with Crippen molar-refractivity contribution in [3.8, 4) is 29.0 Å². The average molecular weight is 763 g/mol. The lowest BCUT2D eigenvalue weighted by Crippen LogP contribution is -2.10. The van der Waals surface area contributed by atoms with Gasteiger partial charge in [0.25, 0.3) is 0 Å². The minimum absolute atomic E-state index is 0.251. The predicted molar refractivity (Wildman–Crippen MR) is 236 cm³/mol. The highest BCUT2D eigenvalue weighted by molar-refractivity contribution is 6.24. The summed E-state index contributed by atoms with van der Waals surface area (Å²) in [7, 11) is 0. The largest absolute Gasteiger partial charge is 0.456 e. The first-order valence-electron chi connectivity index (χ1n) is 27.8. The van der Waals surface area contributed by atoms with Gasteiger partial charge in [0.05, 0.1) is 65.9 Å². The number of nitrogens with zero attached hydrogens (tertiary/aromatic N) is 6. The van der Waals surface area contributed by atoms with Crippen LogP contribution in [0.5, 0.6) is 0 Å². The van der Waals surface area contributed by atoms with Gasteiger partial charge in [0.1, 0.15) is 11.2 Å². The van der Waals surface area contributed by atoms with Crippen molar-refractivity contribution in [3.05, 3.63) is 182 Å². The lowest BCUT2D eigenvalue weighted by atomic mass is 10.1. The van der Waals surface area contributed by atoms with Gasteiger partial charge in [-0.1, -0.05) is 121 Å². The number of aromatic nitrogens is 6. The van der Waals surface area contributed by atoms with E-state index in [1.54, 1.807) is 41.0 Å². The van der Waals surface area contributed by atoms with E-state index in [0.717, 1.165) is 9.13 Å². The standard InChI is InChI=1S/C51H30N6O/c1-8-23-41-33(16-1)34-17-2-9-24-42(34)56(41)50-52-49(53-51(54-50)57-43-25-10-3-18-35(43)36-19-4-11-26-44(36)57)31-14-13-15-32(30-31)55-40-22-7-5-20-37(40)38-28-29-46-47(48(38)55)39-21-6-12-27-45(39)58-46/h1-30H/i1D,2D,3D,4D,8D,9D,10D,11D,13D,14D,15D,16D,17D,18D,19D,23D,24D,25D,26D,30D. The number of fused-ring (bicyclic) bond motifs is 13. The van der Waals surface area contributed by atoms with Crippen molar-refractivity contribution in [2.75, 3.05) is 0 Å². The summed E-state index contributed by atoms with van der Waals surface area (Å²) in [6.45, 7) is 0. The Hall–Kier alpha value is -8.03. The van der Waals surface area contributed by atoms with E-state index in [4.69, 9.17) is 35.8 Å². The Kier molecular flexibility index (Phi) is 3.61. The van der Waals surface area contributed by atoms with Crippen LogP contribution < -0.4 is 0 Å². The molecule has 7 heteroatoms.